The Morgan fingerprint density at radius 3 is 2.67 bits per heavy atom. The highest BCUT2D eigenvalue weighted by Gasteiger charge is 2.11. The first kappa shape index (κ1) is 15.6. The quantitative estimate of drug-likeness (QED) is 0.729. The van der Waals surface area contributed by atoms with Crippen molar-refractivity contribution in [3.8, 4) is 6.07 Å². The normalized spacial score (nSPS) is 10.9. The van der Waals surface area contributed by atoms with Gasteiger partial charge in [0.1, 0.15) is 17.2 Å². The van der Waals surface area contributed by atoms with Crippen LogP contribution in [-0.2, 0) is 0 Å². The fourth-order valence-electron chi connectivity index (χ4n) is 2.51. The minimum Gasteiger partial charge on any atom is -0.422 e. The Hall–Kier alpha value is -3.32. The average Bonchev–Trinajstić information content (AvgIpc) is 2.58. The van der Waals surface area contributed by atoms with Gasteiger partial charge in [-0.3, -0.25) is 0 Å². The predicted octanol–water partition coefficient (Wildman–Crippen LogP) is 4.36. The lowest BCUT2D eigenvalue weighted by Crippen LogP contribution is -2.06. The zero-order valence-corrected chi connectivity index (χ0v) is 13.5. The molecule has 118 valence electrons. The number of para-hydroxylation sites is 1. The first-order valence-corrected chi connectivity index (χ1v) is 7.56. The Balaban J connectivity index is 2.01. The number of hydrogen-bond acceptors (Lipinski definition) is 4. The van der Waals surface area contributed by atoms with Crippen molar-refractivity contribution in [1.82, 2.24) is 0 Å². The van der Waals surface area contributed by atoms with Crippen LogP contribution < -0.4 is 10.9 Å². The van der Waals surface area contributed by atoms with Crippen LogP contribution in [0.1, 0.15) is 22.3 Å². The van der Waals surface area contributed by atoms with Gasteiger partial charge in [0.15, 0.2) is 0 Å². The first-order chi connectivity index (χ1) is 11.6. The largest absolute Gasteiger partial charge is 0.422 e. The minimum atomic E-state index is -0.623. The van der Waals surface area contributed by atoms with E-state index in [0.717, 1.165) is 11.1 Å². The zero-order chi connectivity index (χ0) is 17.1. The Kier molecular flexibility index (Phi) is 4.17. The summed E-state index contributed by atoms with van der Waals surface area (Å²) >= 11 is 0. The highest BCUT2D eigenvalue weighted by atomic mass is 16.4. The molecule has 2 aromatic carbocycles. The van der Waals surface area contributed by atoms with Gasteiger partial charge in [0.2, 0.25) is 0 Å². The molecule has 3 aromatic rings. The zero-order valence-electron chi connectivity index (χ0n) is 13.5. The van der Waals surface area contributed by atoms with E-state index in [1.165, 1.54) is 11.1 Å². The van der Waals surface area contributed by atoms with E-state index in [1.54, 1.807) is 24.4 Å². The summed E-state index contributed by atoms with van der Waals surface area (Å²) < 4.78 is 5.19. The van der Waals surface area contributed by atoms with Crippen LogP contribution in [-0.4, -0.2) is 0 Å². The van der Waals surface area contributed by atoms with Gasteiger partial charge in [-0.25, -0.2) is 4.79 Å². The molecule has 0 unspecified atom stereocenters. The predicted molar refractivity (Wildman–Crippen MR) is 95.8 cm³/mol. The smallest absolute Gasteiger partial charge is 0.354 e. The molecule has 4 nitrogen and oxygen atoms in total. The van der Waals surface area contributed by atoms with Crippen molar-refractivity contribution in [2.24, 2.45) is 0 Å². The molecule has 1 N–H and O–H groups in total. The van der Waals surface area contributed by atoms with Gasteiger partial charge in [-0.15, -0.1) is 0 Å². The summed E-state index contributed by atoms with van der Waals surface area (Å²) in [6, 6.07) is 15.2. The molecule has 24 heavy (non-hydrogen) atoms. The van der Waals surface area contributed by atoms with Crippen LogP contribution in [0.5, 0.6) is 0 Å². The summed E-state index contributed by atoms with van der Waals surface area (Å²) in [7, 11) is 0. The molecule has 4 heteroatoms. The van der Waals surface area contributed by atoms with Crippen LogP contribution in [0.4, 0.5) is 5.69 Å². The second kappa shape index (κ2) is 6.43. The molecule has 0 aliphatic rings. The number of benzene rings is 2. The number of aryl methyl sites for hydroxylation is 2. The molecule has 0 saturated heterocycles. The van der Waals surface area contributed by atoms with Crippen molar-refractivity contribution in [1.29, 1.82) is 5.26 Å². The van der Waals surface area contributed by atoms with Crippen LogP contribution in [0.3, 0.4) is 0 Å². The second-order valence-corrected chi connectivity index (χ2v) is 5.56. The van der Waals surface area contributed by atoms with Crippen molar-refractivity contribution < 1.29 is 4.42 Å². The van der Waals surface area contributed by atoms with E-state index >= 15 is 0 Å². The van der Waals surface area contributed by atoms with Gasteiger partial charge in [-0.1, -0.05) is 24.3 Å². The third-order valence-corrected chi connectivity index (χ3v) is 3.97. The number of hydrogen-bond donors (Lipinski definition) is 1. The van der Waals surface area contributed by atoms with E-state index in [0.29, 0.717) is 11.1 Å². The van der Waals surface area contributed by atoms with Gasteiger partial charge in [-0.2, -0.15) is 5.26 Å². The standard InChI is InChI=1S/C20H16N2O2/c1-13-7-8-15(11-14(13)2)22-10-9-16-17-5-3-4-6-19(17)24-20(23)18(16)12-21/h3-11,22H,1-2H3/b10-9-. The third-order valence-electron chi connectivity index (χ3n) is 3.97. The van der Waals surface area contributed by atoms with Crippen molar-refractivity contribution in [2.45, 2.75) is 13.8 Å². The molecule has 0 saturated carbocycles. The third kappa shape index (κ3) is 2.92. The average molecular weight is 316 g/mol. The molecule has 0 radical (unpaired) electrons. The van der Waals surface area contributed by atoms with Gasteiger partial charge >= 0.3 is 5.63 Å². The van der Waals surface area contributed by atoms with Gasteiger partial charge in [0.25, 0.3) is 0 Å². The molecular formula is C20H16N2O2. The Morgan fingerprint density at radius 1 is 1.12 bits per heavy atom. The molecule has 3 rings (SSSR count). The highest BCUT2D eigenvalue weighted by Crippen LogP contribution is 2.21. The van der Waals surface area contributed by atoms with E-state index in [-0.39, 0.29) is 5.56 Å². The van der Waals surface area contributed by atoms with E-state index in [4.69, 9.17) is 4.42 Å². The molecule has 0 aliphatic carbocycles. The molecule has 0 bridgehead atoms. The van der Waals surface area contributed by atoms with Crippen molar-refractivity contribution >= 4 is 22.7 Å². The maximum atomic E-state index is 12.0. The number of nitrogens with zero attached hydrogens (tertiary/aromatic N) is 1. The molecule has 0 amide bonds. The van der Waals surface area contributed by atoms with Crippen LogP contribution in [0.2, 0.25) is 0 Å². The topological polar surface area (TPSA) is 66.0 Å². The van der Waals surface area contributed by atoms with Gasteiger partial charge in [-0.05, 0) is 49.2 Å². The van der Waals surface area contributed by atoms with E-state index in [9.17, 15) is 10.1 Å². The molecular weight excluding hydrogens is 300 g/mol. The maximum absolute atomic E-state index is 12.0. The van der Waals surface area contributed by atoms with Crippen LogP contribution in [0.25, 0.3) is 17.0 Å². The number of rotatable bonds is 3. The van der Waals surface area contributed by atoms with E-state index in [1.807, 2.05) is 43.3 Å². The Morgan fingerprint density at radius 2 is 1.92 bits per heavy atom. The highest BCUT2D eigenvalue weighted by molar-refractivity contribution is 5.88. The van der Waals surface area contributed by atoms with Gasteiger partial charge in [0, 0.05) is 22.8 Å². The number of fused-ring (bicyclic) bond motifs is 1. The summed E-state index contributed by atoms with van der Waals surface area (Å²) in [5, 5.41) is 13.2. The van der Waals surface area contributed by atoms with Crippen LogP contribution >= 0.6 is 0 Å². The summed E-state index contributed by atoms with van der Waals surface area (Å²) in [6.45, 7) is 4.11. The van der Waals surface area contributed by atoms with Crippen molar-refractivity contribution in [3.63, 3.8) is 0 Å². The lowest BCUT2D eigenvalue weighted by Gasteiger charge is -2.06. The maximum Gasteiger partial charge on any atom is 0.354 e. The molecule has 1 heterocycles. The number of anilines is 1. The molecule has 0 atom stereocenters. The first-order valence-electron chi connectivity index (χ1n) is 7.56. The fraction of sp³-hybridized carbons (Fsp3) is 0.100. The van der Waals surface area contributed by atoms with Gasteiger partial charge in [0.05, 0.1) is 0 Å². The summed E-state index contributed by atoms with van der Waals surface area (Å²) in [4.78, 5) is 12.0. The summed E-state index contributed by atoms with van der Waals surface area (Å²) in [5.41, 5.74) is 3.77. The molecule has 0 aliphatic heterocycles. The molecule has 0 spiro atoms. The number of nitriles is 1. The molecule has 0 fully saturated rings. The fourth-order valence-corrected chi connectivity index (χ4v) is 2.51. The van der Waals surface area contributed by atoms with Crippen LogP contribution in [0.15, 0.2) is 57.9 Å². The van der Waals surface area contributed by atoms with E-state index < -0.39 is 5.63 Å². The van der Waals surface area contributed by atoms with Crippen molar-refractivity contribution in [2.75, 3.05) is 5.32 Å². The van der Waals surface area contributed by atoms with Crippen LogP contribution in [0, 0.1) is 25.2 Å². The minimum absolute atomic E-state index is 0.00633. The molecule has 1 aromatic heterocycles. The van der Waals surface area contributed by atoms with E-state index in [2.05, 4.69) is 12.2 Å². The lowest BCUT2D eigenvalue weighted by molar-refractivity contribution is 0.558. The summed E-state index contributed by atoms with van der Waals surface area (Å²) in [6.07, 6.45) is 3.46. The van der Waals surface area contributed by atoms with Gasteiger partial charge < -0.3 is 9.73 Å². The second-order valence-electron chi connectivity index (χ2n) is 5.56. The Labute approximate surface area is 139 Å². The lowest BCUT2D eigenvalue weighted by atomic mass is 10.1. The summed E-state index contributed by atoms with van der Waals surface area (Å²) in [5.74, 6) is 0. The van der Waals surface area contributed by atoms with Crippen molar-refractivity contribution in [3.05, 3.63) is 81.3 Å². The number of nitrogens with one attached hydrogen (secondary N) is 1. The SMILES string of the molecule is Cc1ccc(N/C=C\c2c(C#N)c(=O)oc3ccccc23)cc1C. The monoisotopic (exact) mass is 316 g/mol. The Bertz CT molecular complexity index is 1040.